The Balaban J connectivity index is 1.97. The first kappa shape index (κ1) is 14.3. The van der Waals surface area contributed by atoms with E-state index in [4.69, 9.17) is 0 Å². The van der Waals surface area contributed by atoms with Crippen LogP contribution in [0, 0.1) is 5.92 Å². The van der Waals surface area contributed by atoms with Gasteiger partial charge in [-0.25, -0.2) is 0 Å². The zero-order chi connectivity index (χ0) is 13.4. The van der Waals surface area contributed by atoms with Crippen molar-refractivity contribution in [2.45, 2.75) is 43.9 Å². The lowest BCUT2D eigenvalue weighted by Gasteiger charge is -2.36. The largest absolute Gasteiger partial charge is 0.391 e. The molecule has 0 saturated heterocycles. The Morgan fingerprint density at radius 3 is 2.44 bits per heavy atom. The van der Waals surface area contributed by atoms with Crippen LogP contribution in [0.1, 0.15) is 30.6 Å². The van der Waals surface area contributed by atoms with Crippen molar-refractivity contribution >= 4 is 27.3 Å². The molecule has 0 bridgehead atoms. The van der Waals surface area contributed by atoms with Gasteiger partial charge in [-0.2, -0.15) is 13.2 Å². The van der Waals surface area contributed by atoms with E-state index in [0.717, 1.165) is 9.35 Å². The standard InChI is InChI=1S/C12H14BrF3OS/c13-9-3-6-18-10(9)7-11(17)4-1-8(2-5-11)12(14,15)16/h3,6,8,17H,1-2,4-5,7H2. The molecule has 0 radical (unpaired) electrons. The summed E-state index contributed by atoms with van der Waals surface area (Å²) < 4.78 is 38.6. The van der Waals surface area contributed by atoms with Gasteiger partial charge in [0.05, 0.1) is 11.5 Å². The Morgan fingerprint density at radius 2 is 2.00 bits per heavy atom. The second kappa shape index (κ2) is 5.13. The molecule has 0 aliphatic heterocycles. The second-order valence-corrected chi connectivity index (χ2v) is 6.76. The van der Waals surface area contributed by atoms with Crippen LogP contribution in [0.4, 0.5) is 13.2 Å². The monoisotopic (exact) mass is 342 g/mol. The van der Waals surface area contributed by atoms with Crippen LogP contribution >= 0.6 is 27.3 Å². The Morgan fingerprint density at radius 1 is 1.39 bits per heavy atom. The minimum Gasteiger partial charge on any atom is -0.390 e. The Bertz CT molecular complexity index is 408. The van der Waals surface area contributed by atoms with Crippen molar-refractivity contribution in [3.8, 4) is 0 Å². The molecule has 0 spiro atoms. The molecule has 1 aromatic rings. The van der Waals surface area contributed by atoms with Crippen molar-refractivity contribution in [2.75, 3.05) is 0 Å². The van der Waals surface area contributed by atoms with Crippen molar-refractivity contribution in [3.63, 3.8) is 0 Å². The fourth-order valence-corrected chi connectivity index (χ4v) is 4.04. The number of hydrogen-bond acceptors (Lipinski definition) is 2. The molecule has 1 aliphatic rings. The predicted molar refractivity (Wildman–Crippen MR) is 68.7 cm³/mol. The summed E-state index contributed by atoms with van der Waals surface area (Å²) in [6.07, 6.45) is -3.17. The lowest BCUT2D eigenvalue weighted by Crippen LogP contribution is -2.39. The first-order valence-electron chi connectivity index (χ1n) is 5.81. The highest BCUT2D eigenvalue weighted by Gasteiger charge is 2.45. The fraction of sp³-hybridized carbons (Fsp3) is 0.667. The maximum atomic E-state index is 12.5. The van der Waals surface area contributed by atoms with Crippen molar-refractivity contribution in [1.29, 1.82) is 0 Å². The fourth-order valence-electron chi connectivity index (χ4n) is 2.41. The van der Waals surface area contributed by atoms with Crippen LogP contribution < -0.4 is 0 Å². The predicted octanol–water partition coefficient (Wildman–Crippen LogP) is 4.54. The molecule has 1 N–H and O–H groups in total. The molecule has 2 rings (SSSR count). The molecule has 102 valence electrons. The van der Waals surface area contributed by atoms with E-state index in [1.54, 1.807) is 0 Å². The van der Waals surface area contributed by atoms with Crippen LogP contribution in [0.15, 0.2) is 15.9 Å². The highest BCUT2D eigenvalue weighted by molar-refractivity contribution is 9.10. The van der Waals surface area contributed by atoms with E-state index < -0.39 is 17.7 Å². The van der Waals surface area contributed by atoms with Gasteiger partial charge in [-0.3, -0.25) is 0 Å². The quantitative estimate of drug-likeness (QED) is 0.836. The molecule has 0 aromatic carbocycles. The third-order valence-electron chi connectivity index (χ3n) is 3.56. The van der Waals surface area contributed by atoms with E-state index >= 15 is 0 Å². The van der Waals surface area contributed by atoms with Gasteiger partial charge < -0.3 is 5.11 Å². The second-order valence-electron chi connectivity index (χ2n) is 4.91. The number of hydrogen-bond donors (Lipinski definition) is 1. The van der Waals surface area contributed by atoms with Crippen molar-refractivity contribution in [3.05, 3.63) is 20.8 Å². The van der Waals surface area contributed by atoms with Crippen molar-refractivity contribution < 1.29 is 18.3 Å². The maximum absolute atomic E-state index is 12.5. The summed E-state index contributed by atoms with van der Waals surface area (Å²) in [5, 5.41) is 12.3. The maximum Gasteiger partial charge on any atom is 0.391 e. The van der Waals surface area contributed by atoms with Crippen molar-refractivity contribution in [2.24, 2.45) is 5.92 Å². The molecule has 0 unspecified atom stereocenters. The molecular formula is C12H14BrF3OS. The van der Waals surface area contributed by atoms with Gasteiger partial charge in [-0.15, -0.1) is 11.3 Å². The summed E-state index contributed by atoms with van der Waals surface area (Å²) in [4.78, 5) is 1.00. The van der Waals surface area contributed by atoms with Gasteiger partial charge in [0.2, 0.25) is 0 Å². The van der Waals surface area contributed by atoms with E-state index in [2.05, 4.69) is 15.9 Å². The number of alkyl halides is 3. The van der Waals surface area contributed by atoms with Crippen LogP contribution in [0.2, 0.25) is 0 Å². The van der Waals surface area contributed by atoms with Gasteiger partial charge in [0.25, 0.3) is 0 Å². The zero-order valence-electron chi connectivity index (χ0n) is 9.63. The number of halogens is 4. The minimum atomic E-state index is -4.12. The summed E-state index contributed by atoms with van der Waals surface area (Å²) in [5.74, 6) is -1.25. The van der Waals surface area contributed by atoms with E-state index in [-0.39, 0.29) is 25.7 Å². The molecule has 1 heterocycles. The van der Waals surface area contributed by atoms with E-state index in [1.165, 1.54) is 11.3 Å². The van der Waals surface area contributed by atoms with Gasteiger partial charge >= 0.3 is 6.18 Å². The summed E-state index contributed by atoms with van der Waals surface area (Å²) in [6, 6.07) is 1.89. The SMILES string of the molecule is OC1(Cc2sccc2Br)CCC(C(F)(F)F)CC1. The summed E-state index contributed by atoms with van der Waals surface area (Å²) >= 11 is 4.90. The molecule has 18 heavy (non-hydrogen) atoms. The normalized spacial score (nSPS) is 29.5. The van der Waals surface area contributed by atoms with Gasteiger partial charge in [0.15, 0.2) is 0 Å². The minimum absolute atomic E-state index is 0.0307. The Kier molecular flexibility index (Phi) is 4.09. The van der Waals surface area contributed by atoms with E-state index in [0.29, 0.717) is 6.42 Å². The van der Waals surface area contributed by atoms with Crippen LogP contribution in [0.3, 0.4) is 0 Å². The van der Waals surface area contributed by atoms with Crippen LogP contribution in [0.25, 0.3) is 0 Å². The summed E-state index contributed by atoms with van der Waals surface area (Å²) in [7, 11) is 0. The molecule has 1 aromatic heterocycles. The summed E-state index contributed by atoms with van der Waals surface area (Å²) in [5.41, 5.74) is -0.977. The van der Waals surface area contributed by atoms with Gasteiger partial charge in [0.1, 0.15) is 0 Å². The lowest BCUT2D eigenvalue weighted by atomic mass is 9.76. The zero-order valence-corrected chi connectivity index (χ0v) is 12.0. The van der Waals surface area contributed by atoms with Gasteiger partial charge in [0, 0.05) is 15.8 Å². The Labute approximate surface area is 116 Å². The third-order valence-corrected chi connectivity index (χ3v) is 5.49. The van der Waals surface area contributed by atoms with E-state index in [1.807, 2.05) is 11.4 Å². The summed E-state index contributed by atoms with van der Waals surface area (Å²) in [6.45, 7) is 0. The van der Waals surface area contributed by atoms with Gasteiger partial charge in [-0.05, 0) is 53.1 Å². The first-order chi connectivity index (χ1) is 8.30. The average molecular weight is 343 g/mol. The Hall–Kier alpha value is -0.0700. The molecule has 6 heteroatoms. The average Bonchev–Trinajstić information content (AvgIpc) is 2.63. The lowest BCUT2D eigenvalue weighted by molar-refractivity contribution is -0.192. The molecule has 0 atom stereocenters. The molecule has 1 aliphatic carbocycles. The van der Waals surface area contributed by atoms with E-state index in [9.17, 15) is 18.3 Å². The van der Waals surface area contributed by atoms with Crippen LogP contribution in [-0.2, 0) is 6.42 Å². The molecule has 0 amide bonds. The number of aliphatic hydroxyl groups is 1. The molecule has 1 saturated carbocycles. The first-order valence-corrected chi connectivity index (χ1v) is 7.48. The van der Waals surface area contributed by atoms with Crippen molar-refractivity contribution in [1.82, 2.24) is 0 Å². The highest BCUT2D eigenvalue weighted by atomic mass is 79.9. The molecule has 1 fully saturated rings. The molecule has 1 nitrogen and oxygen atoms in total. The topological polar surface area (TPSA) is 20.2 Å². The van der Waals surface area contributed by atoms with Crippen LogP contribution in [-0.4, -0.2) is 16.9 Å². The third kappa shape index (κ3) is 3.27. The number of rotatable bonds is 2. The molecular weight excluding hydrogens is 329 g/mol. The highest BCUT2D eigenvalue weighted by Crippen LogP contribution is 2.43. The van der Waals surface area contributed by atoms with Gasteiger partial charge in [-0.1, -0.05) is 0 Å². The van der Waals surface area contributed by atoms with Crippen LogP contribution in [0.5, 0.6) is 0 Å². The smallest absolute Gasteiger partial charge is 0.390 e. The number of thiophene rings is 1.